The summed E-state index contributed by atoms with van der Waals surface area (Å²) in [5.74, 6) is 1.48. The van der Waals surface area contributed by atoms with Crippen molar-refractivity contribution in [3.05, 3.63) is 35.7 Å². The predicted molar refractivity (Wildman–Crippen MR) is 68.0 cm³/mol. The molecule has 0 spiro atoms. The molecule has 0 saturated heterocycles. The number of benzene rings is 1. The second-order valence-electron chi connectivity index (χ2n) is 4.38. The number of nitrogens with zero attached hydrogens (tertiary/aromatic N) is 2. The molecule has 1 aliphatic rings. The Morgan fingerprint density at radius 2 is 2.11 bits per heavy atom. The minimum Gasteiger partial charge on any atom is -0.507 e. The molecule has 0 saturated carbocycles. The van der Waals surface area contributed by atoms with Crippen LogP contribution >= 0.6 is 0 Å². The lowest BCUT2D eigenvalue weighted by molar-refractivity contribution is 0.174. The Hall–Kier alpha value is -2.21. The zero-order chi connectivity index (χ0) is 13.2. The molecule has 100 valence electrons. The lowest BCUT2D eigenvalue weighted by Crippen LogP contribution is -2.15. The molecule has 6 nitrogen and oxygen atoms in total. The fraction of sp³-hybridized carbons (Fsp3) is 0.308. The van der Waals surface area contributed by atoms with Crippen LogP contribution in [-0.4, -0.2) is 21.7 Å². The number of aromatic nitrogens is 2. The normalized spacial score (nSPS) is 12.9. The SMILES string of the molecule is Cn1nccc1CNCc1cc2c(cc1O)OCO2. The minimum atomic E-state index is 0.209. The van der Waals surface area contributed by atoms with Crippen molar-refractivity contribution in [1.29, 1.82) is 0 Å². The van der Waals surface area contributed by atoms with Gasteiger partial charge in [-0.25, -0.2) is 0 Å². The van der Waals surface area contributed by atoms with E-state index in [1.54, 1.807) is 18.3 Å². The van der Waals surface area contributed by atoms with Crippen LogP contribution in [0, 0.1) is 0 Å². The average molecular weight is 261 g/mol. The van der Waals surface area contributed by atoms with Gasteiger partial charge in [0.25, 0.3) is 0 Å². The third-order valence-corrected chi connectivity index (χ3v) is 3.12. The van der Waals surface area contributed by atoms with Crippen LogP contribution < -0.4 is 14.8 Å². The van der Waals surface area contributed by atoms with Gasteiger partial charge in [0, 0.05) is 38.0 Å². The van der Waals surface area contributed by atoms with Crippen LogP contribution in [0.1, 0.15) is 11.3 Å². The maximum absolute atomic E-state index is 9.89. The predicted octanol–water partition coefficient (Wildman–Crippen LogP) is 1.14. The van der Waals surface area contributed by atoms with Crippen molar-refractivity contribution in [2.24, 2.45) is 7.05 Å². The minimum absolute atomic E-state index is 0.209. The van der Waals surface area contributed by atoms with E-state index in [1.165, 1.54) is 0 Å². The largest absolute Gasteiger partial charge is 0.507 e. The molecular weight excluding hydrogens is 246 g/mol. The summed E-state index contributed by atoms with van der Waals surface area (Å²) < 4.78 is 12.3. The lowest BCUT2D eigenvalue weighted by atomic mass is 10.1. The van der Waals surface area contributed by atoms with Gasteiger partial charge >= 0.3 is 0 Å². The first-order chi connectivity index (χ1) is 9.24. The Morgan fingerprint density at radius 1 is 1.32 bits per heavy atom. The molecule has 3 rings (SSSR count). The molecule has 6 heteroatoms. The summed E-state index contributed by atoms with van der Waals surface area (Å²) in [5, 5.41) is 17.3. The van der Waals surface area contributed by atoms with Crippen LogP contribution in [0.4, 0.5) is 0 Å². The first-order valence-corrected chi connectivity index (χ1v) is 6.03. The molecule has 0 atom stereocenters. The molecule has 2 N–H and O–H groups in total. The van der Waals surface area contributed by atoms with E-state index in [4.69, 9.17) is 9.47 Å². The molecule has 0 unspecified atom stereocenters. The summed E-state index contributed by atoms with van der Waals surface area (Å²) in [6.45, 7) is 1.44. The van der Waals surface area contributed by atoms with E-state index >= 15 is 0 Å². The topological polar surface area (TPSA) is 68.5 Å². The monoisotopic (exact) mass is 261 g/mol. The van der Waals surface area contributed by atoms with Crippen LogP contribution in [0.3, 0.4) is 0 Å². The summed E-state index contributed by atoms with van der Waals surface area (Å²) in [7, 11) is 1.90. The number of phenolic OH excluding ortho intramolecular Hbond substituents is 1. The number of ether oxygens (including phenoxy) is 2. The molecule has 1 aromatic carbocycles. The number of rotatable bonds is 4. The van der Waals surface area contributed by atoms with Gasteiger partial charge in [-0.15, -0.1) is 0 Å². The Labute approximate surface area is 110 Å². The lowest BCUT2D eigenvalue weighted by Gasteiger charge is -2.08. The molecular formula is C13H15N3O3. The van der Waals surface area contributed by atoms with Gasteiger partial charge in [0.1, 0.15) is 5.75 Å². The number of fused-ring (bicyclic) bond motifs is 1. The molecule has 1 aromatic heterocycles. The van der Waals surface area contributed by atoms with E-state index < -0.39 is 0 Å². The smallest absolute Gasteiger partial charge is 0.231 e. The summed E-state index contributed by atoms with van der Waals surface area (Å²) in [6, 6.07) is 5.34. The summed E-state index contributed by atoms with van der Waals surface area (Å²) in [6.07, 6.45) is 1.76. The van der Waals surface area contributed by atoms with E-state index in [0.29, 0.717) is 24.6 Å². The zero-order valence-electron chi connectivity index (χ0n) is 10.6. The molecule has 2 heterocycles. The van der Waals surface area contributed by atoms with E-state index in [2.05, 4.69) is 10.4 Å². The Balaban J connectivity index is 1.66. The second kappa shape index (κ2) is 4.81. The first-order valence-electron chi connectivity index (χ1n) is 6.03. The molecule has 0 fully saturated rings. The van der Waals surface area contributed by atoms with Crippen molar-refractivity contribution in [3.8, 4) is 17.2 Å². The van der Waals surface area contributed by atoms with E-state index in [0.717, 1.165) is 11.3 Å². The van der Waals surface area contributed by atoms with Crippen molar-refractivity contribution in [2.75, 3.05) is 6.79 Å². The quantitative estimate of drug-likeness (QED) is 0.864. The fourth-order valence-corrected chi connectivity index (χ4v) is 2.01. The van der Waals surface area contributed by atoms with Gasteiger partial charge in [0.15, 0.2) is 11.5 Å². The van der Waals surface area contributed by atoms with Crippen LogP contribution in [0.25, 0.3) is 0 Å². The van der Waals surface area contributed by atoms with Crippen molar-refractivity contribution >= 4 is 0 Å². The van der Waals surface area contributed by atoms with Gasteiger partial charge in [0.2, 0.25) is 6.79 Å². The van der Waals surface area contributed by atoms with E-state index in [9.17, 15) is 5.11 Å². The first kappa shape index (κ1) is 11.9. The van der Waals surface area contributed by atoms with Crippen LogP contribution in [0.5, 0.6) is 17.2 Å². The highest BCUT2D eigenvalue weighted by Crippen LogP contribution is 2.37. The van der Waals surface area contributed by atoms with Gasteiger partial charge in [-0.3, -0.25) is 4.68 Å². The van der Waals surface area contributed by atoms with Gasteiger partial charge in [-0.1, -0.05) is 0 Å². The van der Waals surface area contributed by atoms with Crippen LogP contribution in [-0.2, 0) is 20.1 Å². The van der Waals surface area contributed by atoms with Crippen molar-refractivity contribution in [3.63, 3.8) is 0 Å². The van der Waals surface area contributed by atoms with Gasteiger partial charge in [-0.2, -0.15) is 5.10 Å². The summed E-state index contributed by atoms with van der Waals surface area (Å²) in [5.41, 5.74) is 1.87. The number of aromatic hydroxyl groups is 1. The standard InChI is InChI=1S/C13H15N3O3/c1-16-10(2-3-15-16)7-14-6-9-4-12-13(5-11(9)17)19-8-18-12/h2-5,14,17H,6-8H2,1H3. The molecule has 2 aromatic rings. The number of aryl methyl sites for hydroxylation is 1. The van der Waals surface area contributed by atoms with E-state index in [1.807, 2.05) is 17.8 Å². The highest BCUT2D eigenvalue weighted by atomic mass is 16.7. The summed E-state index contributed by atoms with van der Waals surface area (Å²) in [4.78, 5) is 0. The van der Waals surface area contributed by atoms with Gasteiger partial charge in [0.05, 0.1) is 5.69 Å². The molecule has 1 aliphatic heterocycles. The summed E-state index contributed by atoms with van der Waals surface area (Å²) >= 11 is 0. The van der Waals surface area contributed by atoms with Crippen molar-refractivity contribution in [2.45, 2.75) is 13.1 Å². The fourth-order valence-electron chi connectivity index (χ4n) is 2.01. The maximum atomic E-state index is 9.89. The molecule has 19 heavy (non-hydrogen) atoms. The number of hydrogen-bond acceptors (Lipinski definition) is 5. The number of hydrogen-bond donors (Lipinski definition) is 2. The van der Waals surface area contributed by atoms with Crippen LogP contribution in [0.15, 0.2) is 24.4 Å². The third-order valence-electron chi connectivity index (χ3n) is 3.12. The molecule has 0 bridgehead atoms. The number of phenols is 1. The zero-order valence-corrected chi connectivity index (χ0v) is 10.6. The molecule has 0 amide bonds. The maximum Gasteiger partial charge on any atom is 0.231 e. The average Bonchev–Trinajstić information content (AvgIpc) is 2.99. The molecule has 0 aliphatic carbocycles. The number of nitrogens with one attached hydrogen (secondary N) is 1. The Morgan fingerprint density at radius 3 is 2.84 bits per heavy atom. The Kier molecular flexibility index (Phi) is 3.00. The Bertz CT molecular complexity index is 595. The van der Waals surface area contributed by atoms with E-state index in [-0.39, 0.29) is 12.5 Å². The third kappa shape index (κ3) is 2.34. The highest BCUT2D eigenvalue weighted by molar-refractivity contribution is 5.51. The van der Waals surface area contributed by atoms with Crippen molar-refractivity contribution < 1.29 is 14.6 Å². The van der Waals surface area contributed by atoms with Crippen LogP contribution in [0.2, 0.25) is 0 Å². The van der Waals surface area contributed by atoms with Gasteiger partial charge < -0.3 is 19.9 Å². The molecule has 0 radical (unpaired) electrons. The van der Waals surface area contributed by atoms with Crippen molar-refractivity contribution in [1.82, 2.24) is 15.1 Å². The van der Waals surface area contributed by atoms with Gasteiger partial charge in [-0.05, 0) is 12.1 Å². The second-order valence-corrected chi connectivity index (χ2v) is 4.38. The highest BCUT2D eigenvalue weighted by Gasteiger charge is 2.16.